The second kappa shape index (κ2) is 6.11. The van der Waals surface area contributed by atoms with Gasteiger partial charge < -0.3 is 5.32 Å². The van der Waals surface area contributed by atoms with Crippen LogP contribution in [0.25, 0.3) is 0 Å². The third-order valence-electron chi connectivity index (χ3n) is 2.10. The molecular formula is C10H18N2S. The molecule has 1 heterocycles. The van der Waals surface area contributed by atoms with Crippen molar-refractivity contribution in [3.05, 3.63) is 16.6 Å². The van der Waals surface area contributed by atoms with Crippen LogP contribution >= 0.6 is 11.3 Å². The molecule has 0 radical (unpaired) electrons. The predicted octanol–water partition coefficient (Wildman–Crippen LogP) is 2.46. The zero-order valence-electron chi connectivity index (χ0n) is 8.42. The topological polar surface area (TPSA) is 24.9 Å². The first kappa shape index (κ1) is 10.7. The van der Waals surface area contributed by atoms with Crippen molar-refractivity contribution in [2.45, 2.75) is 39.2 Å². The molecule has 13 heavy (non-hydrogen) atoms. The summed E-state index contributed by atoms with van der Waals surface area (Å²) >= 11 is 1.76. The Morgan fingerprint density at radius 1 is 1.62 bits per heavy atom. The van der Waals surface area contributed by atoms with Crippen LogP contribution in [0.2, 0.25) is 0 Å². The summed E-state index contributed by atoms with van der Waals surface area (Å²) in [6, 6.07) is 0.651. The predicted molar refractivity (Wildman–Crippen MR) is 58.2 cm³/mol. The molecule has 0 aliphatic carbocycles. The van der Waals surface area contributed by atoms with Gasteiger partial charge in [0.1, 0.15) is 0 Å². The molecule has 0 saturated heterocycles. The van der Waals surface area contributed by atoms with Crippen LogP contribution in [0.4, 0.5) is 0 Å². The number of aryl methyl sites for hydroxylation is 1. The summed E-state index contributed by atoms with van der Waals surface area (Å²) in [4.78, 5) is 5.47. The fourth-order valence-electron chi connectivity index (χ4n) is 1.40. The summed E-state index contributed by atoms with van der Waals surface area (Å²) < 4.78 is 0. The molecule has 0 aromatic carbocycles. The van der Waals surface area contributed by atoms with Crippen LogP contribution < -0.4 is 5.32 Å². The molecular weight excluding hydrogens is 180 g/mol. The highest BCUT2D eigenvalue weighted by atomic mass is 32.1. The lowest BCUT2D eigenvalue weighted by atomic mass is 10.1. The van der Waals surface area contributed by atoms with Gasteiger partial charge in [0, 0.05) is 17.1 Å². The molecule has 1 aromatic rings. The van der Waals surface area contributed by atoms with Crippen LogP contribution in [-0.4, -0.2) is 17.6 Å². The summed E-state index contributed by atoms with van der Waals surface area (Å²) in [5, 5.41) is 3.41. The first-order chi connectivity index (χ1) is 6.33. The van der Waals surface area contributed by atoms with Crippen molar-refractivity contribution in [3.8, 4) is 0 Å². The molecule has 0 aliphatic rings. The van der Waals surface area contributed by atoms with E-state index in [0.29, 0.717) is 6.04 Å². The Morgan fingerprint density at radius 3 is 3.08 bits per heavy atom. The van der Waals surface area contributed by atoms with Gasteiger partial charge in [-0.1, -0.05) is 6.92 Å². The van der Waals surface area contributed by atoms with Crippen molar-refractivity contribution in [1.82, 2.24) is 10.3 Å². The third kappa shape index (κ3) is 4.39. The number of nitrogens with one attached hydrogen (secondary N) is 1. The Hall–Kier alpha value is -0.410. The molecule has 0 amide bonds. The first-order valence-electron chi connectivity index (χ1n) is 4.93. The van der Waals surface area contributed by atoms with Gasteiger partial charge in [-0.25, -0.2) is 0 Å². The molecule has 0 fully saturated rings. The molecule has 0 aliphatic heterocycles. The molecule has 0 spiro atoms. The fraction of sp³-hybridized carbons (Fsp3) is 0.700. The first-order valence-corrected chi connectivity index (χ1v) is 5.81. The second-order valence-electron chi connectivity index (χ2n) is 3.32. The van der Waals surface area contributed by atoms with E-state index in [1.807, 2.05) is 11.7 Å². The van der Waals surface area contributed by atoms with E-state index < -0.39 is 0 Å². The smallest absolute Gasteiger partial charge is 0.0794 e. The summed E-state index contributed by atoms with van der Waals surface area (Å²) in [5.41, 5.74) is 1.91. The Bertz CT molecular complexity index is 209. The van der Waals surface area contributed by atoms with E-state index in [9.17, 15) is 0 Å². The van der Waals surface area contributed by atoms with Crippen LogP contribution in [0.3, 0.4) is 0 Å². The van der Waals surface area contributed by atoms with Gasteiger partial charge in [0.05, 0.1) is 5.51 Å². The van der Waals surface area contributed by atoms with Gasteiger partial charge in [-0.15, -0.1) is 11.3 Å². The Morgan fingerprint density at radius 2 is 2.46 bits per heavy atom. The zero-order valence-corrected chi connectivity index (χ0v) is 9.23. The number of thiazole rings is 1. The quantitative estimate of drug-likeness (QED) is 0.759. The van der Waals surface area contributed by atoms with Crippen molar-refractivity contribution in [1.29, 1.82) is 0 Å². The molecule has 0 bridgehead atoms. The summed E-state index contributed by atoms with van der Waals surface area (Å²) in [6.45, 7) is 5.47. The van der Waals surface area contributed by atoms with Crippen molar-refractivity contribution >= 4 is 11.3 Å². The van der Waals surface area contributed by atoms with Crippen molar-refractivity contribution in [3.63, 3.8) is 0 Å². The Balaban J connectivity index is 2.07. The lowest BCUT2D eigenvalue weighted by Gasteiger charge is -2.10. The SMILES string of the molecule is CCNC(C)CCCc1cncs1. The third-order valence-corrected chi connectivity index (χ3v) is 2.94. The number of aromatic nitrogens is 1. The lowest BCUT2D eigenvalue weighted by molar-refractivity contribution is 0.513. The highest BCUT2D eigenvalue weighted by Gasteiger charge is 2.00. The largest absolute Gasteiger partial charge is 0.315 e. The highest BCUT2D eigenvalue weighted by molar-refractivity contribution is 7.09. The minimum atomic E-state index is 0.651. The van der Waals surface area contributed by atoms with E-state index in [1.165, 1.54) is 24.1 Å². The maximum absolute atomic E-state index is 4.06. The zero-order chi connectivity index (χ0) is 9.52. The summed E-state index contributed by atoms with van der Waals surface area (Å²) in [5.74, 6) is 0. The average Bonchev–Trinajstić information content (AvgIpc) is 2.57. The molecule has 1 aromatic heterocycles. The normalized spacial score (nSPS) is 13.1. The van der Waals surface area contributed by atoms with Crippen LogP contribution in [0.1, 0.15) is 31.6 Å². The highest BCUT2D eigenvalue weighted by Crippen LogP contribution is 2.10. The molecule has 3 heteroatoms. The van der Waals surface area contributed by atoms with Crippen molar-refractivity contribution < 1.29 is 0 Å². The van der Waals surface area contributed by atoms with Crippen molar-refractivity contribution in [2.24, 2.45) is 0 Å². The van der Waals surface area contributed by atoms with Gasteiger partial charge in [-0.3, -0.25) is 4.98 Å². The number of nitrogens with zero attached hydrogens (tertiary/aromatic N) is 1. The molecule has 74 valence electrons. The van der Waals surface area contributed by atoms with Gasteiger partial charge >= 0.3 is 0 Å². The standard InChI is InChI=1S/C10H18N2S/c1-3-12-9(2)5-4-6-10-7-11-8-13-10/h7-9,12H,3-6H2,1-2H3. The lowest BCUT2D eigenvalue weighted by Crippen LogP contribution is -2.25. The molecule has 1 unspecified atom stereocenters. The van der Waals surface area contributed by atoms with E-state index in [2.05, 4.69) is 24.1 Å². The molecule has 1 N–H and O–H groups in total. The van der Waals surface area contributed by atoms with E-state index in [-0.39, 0.29) is 0 Å². The van der Waals surface area contributed by atoms with Crippen LogP contribution in [-0.2, 0) is 6.42 Å². The van der Waals surface area contributed by atoms with Crippen molar-refractivity contribution in [2.75, 3.05) is 6.54 Å². The maximum atomic E-state index is 4.06. The number of hydrogen-bond acceptors (Lipinski definition) is 3. The number of rotatable bonds is 6. The van der Waals surface area contributed by atoms with Gasteiger partial charge in [0.2, 0.25) is 0 Å². The summed E-state index contributed by atoms with van der Waals surface area (Å²) in [6.07, 6.45) is 5.67. The molecule has 1 rings (SSSR count). The molecule has 2 nitrogen and oxygen atoms in total. The average molecular weight is 198 g/mol. The monoisotopic (exact) mass is 198 g/mol. The van der Waals surface area contributed by atoms with Gasteiger partial charge in [0.25, 0.3) is 0 Å². The molecule has 1 atom stereocenters. The minimum Gasteiger partial charge on any atom is -0.315 e. The minimum absolute atomic E-state index is 0.651. The van der Waals surface area contributed by atoms with Gasteiger partial charge in [0.15, 0.2) is 0 Å². The van der Waals surface area contributed by atoms with E-state index in [1.54, 1.807) is 11.3 Å². The van der Waals surface area contributed by atoms with Crippen LogP contribution in [0.5, 0.6) is 0 Å². The van der Waals surface area contributed by atoms with Crippen LogP contribution in [0, 0.1) is 0 Å². The van der Waals surface area contributed by atoms with Gasteiger partial charge in [-0.2, -0.15) is 0 Å². The van der Waals surface area contributed by atoms with Gasteiger partial charge in [-0.05, 0) is 32.7 Å². The summed E-state index contributed by atoms with van der Waals surface area (Å²) in [7, 11) is 0. The maximum Gasteiger partial charge on any atom is 0.0794 e. The Labute approximate surface area is 84.4 Å². The molecule has 0 saturated carbocycles. The number of hydrogen-bond donors (Lipinski definition) is 1. The van der Waals surface area contributed by atoms with Crippen LogP contribution in [0.15, 0.2) is 11.7 Å². The van der Waals surface area contributed by atoms with E-state index in [4.69, 9.17) is 0 Å². The second-order valence-corrected chi connectivity index (χ2v) is 4.29. The van der Waals surface area contributed by atoms with E-state index >= 15 is 0 Å². The Kier molecular flexibility index (Phi) is 5.01. The van der Waals surface area contributed by atoms with E-state index in [0.717, 1.165) is 6.54 Å². The fourth-order valence-corrected chi connectivity index (χ4v) is 2.04.